The predicted molar refractivity (Wildman–Crippen MR) is 66.2 cm³/mol. The Morgan fingerprint density at radius 1 is 1.24 bits per heavy atom. The number of carboxylic acids is 1. The Kier molecular flexibility index (Phi) is 4.97. The second-order valence-electron chi connectivity index (χ2n) is 3.95. The number of hydrogen-bond acceptors (Lipinski definition) is 3. The standard InChI is InChI=1S/C13H19NO3/c1-3-14(4-2)12(13(16)17)9-10-5-7-11(15)8-6-10/h5-8,12,15H,3-4,9H2,1-2H3,(H,16,17). The fourth-order valence-electron chi connectivity index (χ4n) is 1.89. The Bertz CT molecular complexity index is 357. The molecule has 2 N–H and O–H groups in total. The third kappa shape index (κ3) is 3.75. The van der Waals surface area contributed by atoms with Crippen LogP contribution in [0.25, 0.3) is 0 Å². The maximum Gasteiger partial charge on any atom is 0.321 e. The van der Waals surface area contributed by atoms with Crippen molar-refractivity contribution in [1.29, 1.82) is 0 Å². The van der Waals surface area contributed by atoms with Crippen LogP contribution in [0.15, 0.2) is 24.3 Å². The van der Waals surface area contributed by atoms with Gasteiger partial charge >= 0.3 is 5.97 Å². The van der Waals surface area contributed by atoms with E-state index in [4.69, 9.17) is 0 Å². The molecular formula is C13H19NO3. The fraction of sp³-hybridized carbons (Fsp3) is 0.462. The van der Waals surface area contributed by atoms with Crippen LogP contribution in [0.2, 0.25) is 0 Å². The van der Waals surface area contributed by atoms with Crippen molar-refractivity contribution in [3.05, 3.63) is 29.8 Å². The molecule has 0 heterocycles. The summed E-state index contributed by atoms with van der Waals surface area (Å²) in [6.07, 6.45) is 0.456. The average molecular weight is 237 g/mol. The molecule has 1 aromatic rings. The van der Waals surface area contributed by atoms with Gasteiger partial charge in [0.15, 0.2) is 0 Å². The number of phenolic OH excluding ortho intramolecular Hbond substituents is 1. The molecule has 0 fully saturated rings. The lowest BCUT2D eigenvalue weighted by molar-refractivity contribution is -0.143. The molecular weight excluding hydrogens is 218 g/mol. The van der Waals surface area contributed by atoms with Crippen molar-refractivity contribution in [2.45, 2.75) is 26.3 Å². The molecule has 4 nitrogen and oxygen atoms in total. The monoisotopic (exact) mass is 237 g/mol. The van der Waals surface area contributed by atoms with Crippen molar-refractivity contribution in [3.63, 3.8) is 0 Å². The predicted octanol–water partition coefficient (Wildman–Crippen LogP) is 1.73. The zero-order chi connectivity index (χ0) is 12.8. The molecule has 0 radical (unpaired) electrons. The van der Waals surface area contributed by atoms with Gasteiger partial charge < -0.3 is 10.2 Å². The number of benzene rings is 1. The van der Waals surface area contributed by atoms with E-state index >= 15 is 0 Å². The van der Waals surface area contributed by atoms with E-state index in [2.05, 4.69) is 0 Å². The van der Waals surface area contributed by atoms with Gasteiger partial charge in [0.05, 0.1) is 0 Å². The van der Waals surface area contributed by atoms with E-state index < -0.39 is 12.0 Å². The maximum absolute atomic E-state index is 11.2. The van der Waals surface area contributed by atoms with Crippen molar-refractivity contribution >= 4 is 5.97 Å². The second-order valence-corrected chi connectivity index (χ2v) is 3.95. The summed E-state index contributed by atoms with van der Waals surface area (Å²) < 4.78 is 0. The van der Waals surface area contributed by atoms with Crippen LogP contribution in [0, 0.1) is 0 Å². The number of nitrogens with zero attached hydrogens (tertiary/aromatic N) is 1. The molecule has 0 aromatic heterocycles. The lowest BCUT2D eigenvalue weighted by Crippen LogP contribution is -2.42. The van der Waals surface area contributed by atoms with Crippen LogP contribution in [-0.2, 0) is 11.2 Å². The number of rotatable bonds is 6. The van der Waals surface area contributed by atoms with E-state index in [1.54, 1.807) is 24.3 Å². The van der Waals surface area contributed by atoms with E-state index in [9.17, 15) is 15.0 Å². The number of aliphatic carboxylic acids is 1. The molecule has 0 aliphatic carbocycles. The number of phenols is 1. The van der Waals surface area contributed by atoms with E-state index in [-0.39, 0.29) is 5.75 Å². The highest BCUT2D eigenvalue weighted by Crippen LogP contribution is 2.13. The van der Waals surface area contributed by atoms with E-state index in [1.807, 2.05) is 18.7 Å². The van der Waals surface area contributed by atoms with Gasteiger partial charge in [-0.25, -0.2) is 0 Å². The maximum atomic E-state index is 11.2. The Balaban J connectivity index is 2.79. The number of aromatic hydroxyl groups is 1. The van der Waals surface area contributed by atoms with Crippen LogP contribution < -0.4 is 0 Å². The van der Waals surface area contributed by atoms with Gasteiger partial charge in [-0.15, -0.1) is 0 Å². The van der Waals surface area contributed by atoms with Crippen LogP contribution >= 0.6 is 0 Å². The molecule has 17 heavy (non-hydrogen) atoms. The van der Waals surface area contributed by atoms with E-state index in [1.165, 1.54) is 0 Å². The smallest absolute Gasteiger partial charge is 0.321 e. The first kappa shape index (κ1) is 13.5. The number of likely N-dealkylation sites (N-methyl/N-ethyl adjacent to an activating group) is 1. The minimum atomic E-state index is -0.804. The molecule has 0 saturated heterocycles. The number of hydrogen-bond donors (Lipinski definition) is 2. The number of carbonyl (C=O) groups is 1. The Labute approximate surface area is 101 Å². The SMILES string of the molecule is CCN(CC)C(Cc1ccc(O)cc1)C(=O)O. The summed E-state index contributed by atoms with van der Waals surface area (Å²) in [5, 5.41) is 18.4. The number of carboxylic acid groups (broad SMARTS) is 1. The molecule has 0 amide bonds. The third-order valence-electron chi connectivity index (χ3n) is 2.90. The van der Waals surface area contributed by atoms with Crippen LogP contribution in [0.4, 0.5) is 0 Å². The highest BCUT2D eigenvalue weighted by molar-refractivity contribution is 5.74. The highest BCUT2D eigenvalue weighted by Gasteiger charge is 2.23. The minimum absolute atomic E-state index is 0.198. The third-order valence-corrected chi connectivity index (χ3v) is 2.90. The Hall–Kier alpha value is -1.55. The Morgan fingerprint density at radius 3 is 2.18 bits per heavy atom. The van der Waals surface area contributed by atoms with Gasteiger partial charge in [0.1, 0.15) is 11.8 Å². The zero-order valence-corrected chi connectivity index (χ0v) is 10.3. The summed E-state index contributed by atoms with van der Waals surface area (Å²) >= 11 is 0. The van der Waals surface area contributed by atoms with Crippen molar-refractivity contribution in [1.82, 2.24) is 4.90 Å². The summed E-state index contributed by atoms with van der Waals surface area (Å²) in [5.41, 5.74) is 0.919. The molecule has 1 atom stereocenters. The molecule has 1 rings (SSSR count). The molecule has 0 aliphatic rings. The van der Waals surface area contributed by atoms with Gasteiger partial charge in [-0.3, -0.25) is 9.69 Å². The zero-order valence-electron chi connectivity index (χ0n) is 10.3. The molecule has 94 valence electrons. The van der Waals surface area contributed by atoms with Crippen molar-refractivity contribution in [3.8, 4) is 5.75 Å². The van der Waals surface area contributed by atoms with Crippen molar-refractivity contribution in [2.24, 2.45) is 0 Å². The summed E-state index contributed by atoms with van der Waals surface area (Å²) in [7, 11) is 0. The van der Waals surface area contributed by atoms with Gasteiger partial charge in [-0.2, -0.15) is 0 Å². The minimum Gasteiger partial charge on any atom is -0.508 e. The fourth-order valence-corrected chi connectivity index (χ4v) is 1.89. The Morgan fingerprint density at radius 2 is 1.76 bits per heavy atom. The van der Waals surface area contributed by atoms with Gasteiger partial charge in [0.2, 0.25) is 0 Å². The lowest BCUT2D eigenvalue weighted by Gasteiger charge is -2.26. The van der Waals surface area contributed by atoms with Gasteiger partial charge in [-0.05, 0) is 37.2 Å². The average Bonchev–Trinajstić information content (AvgIpc) is 2.31. The molecule has 0 aliphatic heterocycles. The summed E-state index contributed by atoms with van der Waals surface area (Å²) in [4.78, 5) is 13.2. The first-order valence-electron chi connectivity index (χ1n) is 5.83. The van der Waals surface area contributed by atoms with Crippen LogP contribution in [-0.4, -0.2) is 40.2 Å². The molecule has 1 unspecified atom stereocenters. The molecule has 4 heteroatoms. The van der Waals surface area contributed by atoms with Crippen molar-refractivity contribution in [2.75, 3.05) is 13.1 Å². The highest BCUT2D eigenvalue weighted by atomic mass is 16.4. The molecule has 0 bridgehead atoms. The van der Waals surface area contributed by atoms with Crippen LogP contribution in [0.1, 0.15) is 19.4 Å². The van der Waals surface area contributed by atoms with Crippen LogP contribution in [0.5, 0.6) is 5.75 Å². The molecule has 0 spiro atoms. The van der Waals surface area contributed by atoms with Crippen molar-refractivity contribution < 1.29 is 15.0 Å². The van der Waals surface area contributed by atoms with Gasteiger partial charge in [0, 0.05) is 0 Å². The lowest BCUT2D eigenvalue weighted by atomic mass is 10.0. The van der Waals surface area contributed by atoms with Gasteiger partial charge in [-0.1, -0.05) is 26.0 Å². The van der Waals surface area contributed by atoms with Gasteiger partial charge in [0.25, 0.3) is 0 Å². The normalized spacial score (nSPS) is 12.6. The van der Waals surface area contributed by atoms with E-state index in [0.717, 1.165) is 5.56 Å². The largest absolute Gasteiger partial charge is 0.508 e. The molecule has 0 saturated carbocycles. The van der Waals surface area contributed by atoms with Crippen LogP contribution in [0.3, 0.4) is 0 Å². The summed E-state index contributed by atoms with van der Waals surface area (Å²) in [6, 6.07) is 6.17. The quantitative estimate of drug-likeness (QED) is 0.791. The summed E-state index contributed by atoms with van der Waals surface area (Å²) in [6.45, 7) is 5.34. The first-order chi connectivity index (χ1) is 8.08. The molecule has 1 aromatic carbocycles. The topological polar surface area (TPSA) is 60.8 Å². The second kappa shape index (κ2) is 6.25. The van der Waals surface area contributed by atoms with E-state index in [0.29, 0.717) is 19.5 Å². The summed E-state index contributed by atoms with van der Waals surface area (Å²) in [5.74, 6) is -0.606. The first-order valence-corrected chi connectivity index (χ1v) is 5.83.